The molecule has 2 aromatic rings. The van der Waals surface area contributed by atoms with Crippen LogP contribution in [0.4, 0.5) is 11.5 Å². The number of pyridine rings is 1. The minimum Gasteiger partial charge on any atom is -0.493 e. The summed E-state index contributed by atoms with van der Waals surface area (Å²) in [5.74, 6) is 2.16. The molecule has 146 valence electrons. The monoisotopic (exact) mass is 379 g/mol. The van der Waals surface area contributed by atoms with E-state index in [4.69, 9.17) is 9.47 Å². The number of methoxy groups -OCH3 is 2. The number of hydrogen-bond donors (Lipinski definition) is 2. The van der Waals surface area contributed by atoms with E-state index in [1.165, 1.54) is 0 Å². The standard InChI is InChI=1S/C22H25N3O3/c1-22(2)11-15-19(16(26)12-22)20(25-21-14(24-15)6-5-9-23-21)13-7-8-17(27-3)18(10-13)28-4/h5-10,20,24H,11-12H2,1-4H3,(H,23,25). The van der Waals surface area contributed by atoms with E-state index in [9.17, 15) is 4.79 Å². The Hall–Kier alpha value is -3.02. The molecule has 1 aliphatic heterocycles. The van der Waals surface area contributed by atoms with Gasteiger partial charge in [-0.25, -0.2) is 4.98 Å². The van der Waals surface area contributed by atoms with E-state index in [1.807, 2.05) is 30.3 Å². The Morgan fingerprint density at radius 1 is 1.11 bits per heavy atom. The van der Waals surface area contributed by atoms with Crippen LogP contribution < -0.4 is 20.1 Å². The lowest BCUT2D eigenvalue weighted by Crippen LogP contribution is -2.31. The first-order valence-corrected chi connectivity index (χ1v) is 9.38. The van der Waals surface area contributed by atoms with Gasteiger partial charge in [0.25, 0.3) is 0 Å². The first-order chi connectivity index (χ1) is 13.4. The molecule has 6 nitrogen and oxygen atoms in total. The summed E-state index contributed by atoms with van der Waals surface area (Å²) in [5, 5.41) is 6.95. The highest BCUT2D eigenvalue weighted by molar-refractivity contribution is 6.00. The quantitative estimate of drug-likeness (QED) is 0.827. The fraction of sp³-hybridized carbons (Fsp3) is 0.364. The third-order valence-electron chi connectivity index (χ3n) is 5.32. The second-order valence-corrected chi connectivity index (χ2v) is 8.05. The Morgan fingerprint density at radius 2 is 1.89 bits per heavy atom. The predicted octanol–water partition coefficient (Wildman–Crippen LogP) is 4.32. The molecule has 0 spiro atoms. The molecule has 2 heterocycles. The molecule has 2 aliphatic rings. The number of hydrogen-bond acceptors (Lipinski definition) is 6. The predicted molar refractivity (Wildman–Crippen MR) is 109 cm³/mol. The van der Waals surface area contributed by atoms with Gasteiger partial charge < -0.3 is 20.1 Å². The number of benzene rings is 1. The van der Waals surface area contributed by atoms with Crippen LogP contribution in [0.3, 0.4) is 0 Å². The Morgan fingerprint density at radius 3 is 2.64 bits per heavy atom. The van der Waals surface area contributed by atoms with E-state index in [2.05, 4.69) is 29.5 Å². The van der Waals surface area contributed by atoms with Crippen molar-refractivity contribution >= 4 is 17.3 Å². The van der Waals surface area contributed by atoms with Crippen molar-refractivity contribution in [3.8, 4) is 11.5 Å². The molecule has 1 unspecified atom stereocenters. The number of fused-ring (bicyclic) bond motifs is 1. The van der Waals surface area contributed by atoms with Crippen molar-refractivity contribution in [3.05, 3.63) is 53.4 Å². The number of carbonyl (C=O) groups excluding carboxylic acids is 1. The Bertz CT molecular complexity index is 965. The first kappa shape index (κ1) is 18.3. The molecular weight excluding hydrogens is 354 g/mol. The first-order valence-electron chi connectivity index (χ1n) is 9.38. The number of nitrogens with zero attached hydrogens (tertiary/aromatic N) is 1. The number of aromatic nitrogens is 1. The molecule has 1 aliphatic carbocycles. The molecule has 4 rings (SSSR count). The maximum absolute atomic E-state index is 13.2. The van der Waals surface area contributed by atoms with Gasteiger partial charge in [-0.05, 0) is 41.7 Å². The summed E-state index contributed by atoms with van der Waals surface area (Å²) in [5.41, 5.74) is 3.45. The van der Waals surface area contributed by atoms with Crippen LogP contribution in [-0.4, -0.2) is 25.0 Å². The lowest BCUT2D eigenvalue weighted by Gasteiger charge is -2.34. The van der Waals surface area contributed by atoms with E-state index < -0.39 is 0 Å². The molecule has 28 heavy (non-hydrogen) atoms. The van der Waals surface area contributed by atoms with Gasteiger partial charge in [0.05, 0.1) is 25.9 Å². The third-order valence-corrected chi connectivity index (χ3v) is 5.32. The van der Waals surface area contributed by atoms with Crippen molar-refractivity contribution in [2.75, 3.05) is 24.9 Å². The molecule has 1 atom stereocenters. The van der Waals surface area contributed by atoms with Gasteiger partial charge in [0.15, 0.2) is 17.3 Å². The molecule has 0 amide bonds. The minimum absolute atomic E-state index is 0.0855. The van der Waals surface area contributed by atoms with Gasteiger partial charge in [0.2, 0.25) is 0 Å². The van der Waals surface area contributed by atoms with Crippen LogP contribution in [0, 0.1) is 5.41 Å². The molecule has 0 saturated carbocycles. The number of Topliss-reactive ketones (excluding diaryl/α,β-unsaturated/α-hetero) is 1. The smallest absolute Gasteiger partial charge is 0.163 e. The van der Waals surface area contributed by atoms with Gasteiger partial charge in [-0.2, -0.15) is 0 Å². The lowest BCUT2D eigenvalue weighted by atomic mass is 9.73. The van der Waals surface area contributed by atoms with E-state index in [0.717, 1.165) is 34.8 Å². The van der Waals surface area contributed by atoms with Crippen LogP contribution >= 0.6 is 0 Å². The zero-order chi connectivity index (χ0) is 19.9. The summed E-state index contributed by atoms with van der Waals surface area (Å²) < 4.78 is 10.8. The minimum atomic E-state index is -0.318. The third kappa shape index (κ3) is 3.19. The van der Waals surface area contributed by atoms with Crippen LogP contribution in [0.5, 0.6) is 11.5 Å². The van der Waals surface area contributed by atoms with E-state index in [0.29, 0.717) is 17.9 Å². The average Bonchev–Trinajstić information content (AvgIpc) is 2.82. The number of anilines is 2. The maximum Gasteiger partial charge on any atom is 0.163 e. The van der Waals surface area contributed by atoms with Gasteiger partial charge in [-0.1, -0.05) is 19.9 Å². The zero-order valence-electron chi connectivity index (χ0n) is 16.6. The fourth-order valence-electron chi connectivity index (χ4n) is 4.06. The van der Waals surface area contributed by atoms with Crippen molar-refractivity contribution < 1.29 is 14.3 Å². The second-order valence-electron chi connectivity index (χ2n) is 8.05. The molecule has 1 aromatic heterocycles. The summed E-state index contributed by atoms with van der Waals surface area (Å²) in [6.07, 6.45) is 3.06. The van der Waals surface area contributed by atoms with Crippen LogP contribution in [0.1, 0.15) is 38.3 Å². The fourth-order valence-corrected chi connectivity index (χ4v) is 4.06. The van der Waals surface area contributed by atoms with Crippen LogP contribution in [0.25, 0.3) is 0 Å². The highest BCUT2D eigenvalue weighted by Gasteiger charge is 2.39. The highest BCUT2D eigenvalue weighted by atomic mass is 16.5. The maximum atomic E-state index is 13.2. The van der Waals surface area contributed by atoms with Crippen LogP contribution in [0.15, 0.2) is 47.8 Å². The summed E-state index contributed by atoms with van der Waals surface area (Å²) in [4.78, 5) is 17.7. The number of ether oxygens (including phenoxy) is 2. The summed E-state index contributed by atoms with van der Waals surface area (Å²) in [6.45, 7) is 4.26. The summed E-state index contributed by atoms with van der Waals surface area (Å²) in [7, 11) is 3.22. The van der Waals surface area contributed by atoms with E-state index in [1.54, 1.807) is 20.4 Å². The van der Waals surface area contributed by atoms with Crippen molar-refractivity contribution in [3.63, 3.8) is 0 Å². The van der Waals surface area contributed by atoms with Gasteiger partial charge in [-0.15, -0.1) is 0 Å². The van der Waals surface area contributed by atoms with E-state index >= 15 is 0 Å². The topological polar surface area (TPSA) is 72.5 Å². The molecule has 0 fully saturated rings. The average molecular weight is 379 g/mol. The Kier molecular flexibility index (Phi) is 4.49. The molecule has 0 radical (unpaired) electrons. The lowest BCUT2D eigenvalue weighted by molar-refractivity contribution is -0.118. The summed E-state index contributed by atoms with van der Waals surface area (Å²) in [6, 6.07) is 9.29. The Balaban J connectivity index is 1.88. The van der Waals surface area contributed by atoms with Gasteiger partial charge >= 0.3 is 0 Å². The van der Waals surface area contributed by atoms with Gasteiger partial charge in [0, 0.05) is 23.9 Å². The number of allylic oxidation sites excluding steroid dienone is 1. The number of ketones is 1. The molecule has 0 saturated heterocycles. The van der Waals surface area contributed by atoms with Crippen LogP contribution in [0.2, 0.25) is 0 Å². The van der Waals surface area contributed by atoms with Gasteiger partial charge in [-0.3, -0.25) is 4.79 Å². The second kappa shape index (κ2) is 6.86. The number of carbonyl (C=O) groups is 1. The van der Waals surface area contributed by atoms with Crippen molar-refractivity contribution in [1.82, 2.24) is 4.98 Å². The SMILES string of the molecule is COc1ccc(C2Nc3ncccc3NC3=C2C(=O)CC(C)(C)C3)cc1OC. The number of rotatable bonds is 3. The zero-order valence-corrected chi connectivity index (χ0v) is 16.6. The van der Waals surface area contributed by atoms with Gasteiger partial charge in [0.1, 0.15) is 5.82 Å². The molecular formula is C22H25N3O3. The van der Waals surface area contributed by atoms with Crippen molar-refractivity contribution in [2.24, 2.45) is 5.41 Å². The Labute approximate surface area is 165 Å². The summed E-state index contributed by atoms with van der Waals surface area (Å²) >= 11 is 0. The number of nitrogens with one attached hydrogen (secondary N) is 2. The van der Waals surface area contributed by atoms with E-state index in [-0.39, 0.29) is 17.2 Å². The highest BCUT2D eigenvalue weighted by Crippen LogP contribution is 2.45. The van der Waals surface area contributed by atoms with Crippen molar-refractivity contribution in [2.45, 2.75) is 32.7 Å². The molecule has 1 aromatic carbocycles. The largest absolute Gasteiger partial charge is 0.493 e. The molecule has 2 N–H and O–H groups in total. The molecule has 6 heteroatoms. The molecule has 0 bridgehead atoms. The van der Waals surface area contributed by atoms with Crippen LogP contribution in [-0.2, 0) is 4.79 Å². The normalized spacial score (nSPS) is 20.3. The van der Waals surface area contributed by atoms with Crippen molar-refractivity contribution in [1.29, 1.82) is 0 Å².